The van der Waals surface area contributed by atoms with E-state index in [9.17, 15) is 9.59 Å². The highest BCUT2D eigenvalue weighted by Crippen LogP contribution is 2.00. The number of esters is 1. The van der Waals surface area contributed by atoms with Gasteiger partial charge < -0.3 is 14.6 Å². The highest BCUT2D eigenvalue weighted by molar-refractivity contribution is 5.75. The lowest BCUT2D eigenvalue weighted by Crippen LogP contribution is -2.38. The molecule has 0 spiro atoms. The van der Waals surface area contributed by atoms with Gasteiger partial charge in [0.15, 0.2) is 0 Å². The van der Waals surface area contributed by atoms with E-state index in [1.807, 2.05) is 0 Å². The molecule has 0 amide bonds. The zero-order valence-corrected chi connectivity index (χ0v) is 9.93. The second-order valence-corrected chi connectivity index (χ2v) is 3.46. The fourth-order valence-corrected chi connectivity index (χ4v) is 0.992. The summed E-state index contributed by atoms with van der Waals surface area (Å²) in [7, 11) is 3.21. The Morgan fingerprint density at radius 2 is 2.00 bits per heavy atom. The Labute approximate surface area is 95.1 Å². The van der Waals surface area contributed by atoms with Gasteiger partial charge in [-0.25, -0.2) is 0 Å². The number of rotatable bonds is 8. The van der Waals surface area contributed by atoms with E-state index in [2.05, 4.69) is 0 Å². The molecule has 0 aliphatic carbocycles. The first-order valence-electron chi connectivity index (χ1n) is 5.06. The van der Waals surface area contributed by atoms with Crippen LogP contribution in [0.25, 0.3) is 0 Å². The minimum absolute atomic E-state index is 0.00614. The van der Waals surface area contributed by atoms with E-state index < -0.39 is 12.0 Å². The Morgan fingerprint density at radius 1 is 1.38 bits per heavy atom. The minimum atomic E-state index is -0.883. The summed E-state index contributed by atoms with van der Waals surface area (Å²) in [5.74, 6) is -1.25. The number of carbonyl (C=O) groups is 2. The number of ether oxygens (including phenoxy) is 2. The summed E-state index contributed by atoms with van der Waals surface area (Å²) < 4.78 is 9.66. The maximum Gasteiger partial charge on any atom is 0.323 e. The van der Waals surface area contributed by atoms with Crippen LogP contribution < -0.4 is 0 Å². The second-order valence-electron chi connectivity index (χ2n) is 3.46. The summed E-state index contributed by atoms with van der Waals surface area (Å²) in [6, 6.07) is -0.448. The third-order valence-electron chi connectivity index (χ3n) is 2.21. The highest BCUT2D eigenvalue weighted by Gasteiger charge is 2.19. The van der Waals surface area contributed by atoms with Crippen LogP contribution in [-0.2, 0) is 19.1 Å². The van der Waals surface area contributed by atoms with Gasteiger partial charge in [0, 0.05) is 13.7 Å². The van der Waals surface area contributed by atoms with Crippen LogP contribution in [0.4, 0.5) is 0 Å². The zero-order chi connectivity index (χ0) is 12.6. The third-order valence-corrected chi connectivity index (χ3v) is 2.21. The molecule has 0 aromatic heterocycles. The summed E-state index contributed by atoms with van der Waals surface area (Å²) in [5.41, 5.74) is 0. The second kappa shape index (κ2) is 8.06. The van der Waals surface area contributed by atoms with Crippen LogP contribution in [0.15, 0.2) is 0 Å². The van der Waals surface area contributed by atoms with Crippen molar-refractivity contribution < 1.29 is 24.2 Å². The largest absolute Gasteiger partial charge is 0.481 e. The summed E-state index contributed by atoms with van der Waals surface area (Å²) in [6.45, 7) is 2.57. The van der Waals surface area contributed by atoms with E-state index in [0.717, 1.165) is 0 Å². The number of methoxy groups -OCH3 is 1. The van der Waals surface area contributed by atoms with Crippen molar-refractivity contribution in [2.24, 2.45) is 0 Å². The molecular weight excluding hydrogens is 214 g/mol. The Kier molecular flexibility index (Phi) is 7.49. The van der Waals surface area contributed by atoms with Crippen LogP contribution in [0, 0.1) is 0 Å². The fraction of sp³-hybridized carbons (Fsp3) is 0.800. The molecule has 0 radical (unpaired) electrons. The van der Waals surface area contributed by atoms with Gasteiger partial charge in [-0.15, -0.1) is 0 Å². The summed E-state index contributed by atoms with van der Waals surface area (Å²) in [4.78, 5) is 23.4. The molecule has 0 rings (SSSR count). The molecule has 16 heavy (non-hydrogen) atoms. The van der Waals surface area contributed by atoms with Crippen LogP contribution >= 0.6 is 0 Å². The topological polar surface area (TPSA) is 76.1 Å². The molecule has 0 heterocycles. The van der Waals surface area contributed by atoms with Gasteiger partial charge in [0.05, 0.1) is 13.0 Å². The van der Waals surface area contributed by atoms with E-state index in [1.54, 1.807) is 18.9 Å². The molecule has 6 heteroatoms. The molecule has 94 valence electrons. The molecule has 0 aromatic rings. The molecule has 1 atom stereocenters. The molecule has 0 aliphatic rings. The normalized spacial score (nSPS) is 12.5. The Balaban J connectivity index is 3.86. The smallest absolute Gasteiger partial charge is 0.323 e. The molecular formula is C10H19NO5. The van der Waals surface area contributed by atoms with Crippen molar-refractivity contribution in [2.45, 2.75) is 19.4 Å². The van der Waals surface area contributed by atoms with Gasteiger partial charge in [0.25, 0.3) is 0 Å². The molecule has 1 unspecified atom stereocenters. The fourth-order valence-electron chi connectivity index (χ4n) is 0.992. The average molecular weight is 233 g/mol. The number of aliphatic carboxylic acids is 1. The molecule has 0 saturated heterocycles. The van der Waals surface area contributed by atoms with E-state index in [4.69, 9.17) is 14.6 Å². The molecule has 6 nitrogen and oxygen atoms in total. The number of nitrogens with zero attached hydrogens (tertiary/aromatic N) is 1. The Hall–Kier alpha value is -1.14. The zero-order valence-electron chi connectivity index (χ0n) is 9.93. The maximum absolute atomic E-state index is 11.4. The van der Waals surface area contributed by atoms with Gasteiger partial charge >= 0.3 is 11.9 Å². The average Bonchev–Trinajstić information content (AvgIpc) is 2.24. The number of hydrogen-bond acceptors (Lipinski definition) is 5. The Morgan fingerprint density at radius 3 is 2.50 bits per heavy atom. The van der Waals surface area contributed by atoms with Gasteiger partial charge in [0.2, 0.25) is 0 Å². The van der Waals surface area contributed by atoms with Crippen molar-refractivity contribution in [3.63, 3.8) is 0 Å². The maximum atomic E-state index is 11.4. The van der Waals surface area contributed by atoms with Crippen LogP contribution in [0.3, 0.4) is 0 Å². The summed E-state index contributed by atoms with van der Waals surface area (Å²) in [6.07, 6.45) is 0.00614. The molecule has 1 N–H and O–H groups in total. The number of likely N-dealkylation sites (N-methyl/N-ethyl adjacent to an activating group) is 1. The van der Waals surface area contributed by atoms with E-state index in [1.165, 1.54) is 7.11 Å². The predicted octanol–water partition coefficient (Wildman–Crippen LogP) is -0.0290. The van der Waals surface area contributed by atoms with Gasteiger partial charge in [-0.05, 0) is 14.0 Å². The standard InChI is InChI=1S/C10H19NO5/c1-8(10(14)16-7-6-15-3)11(2)5-4-9(12)13/h8H,4-7H2,1-3H3,(H,12,13). The van der Waals surface area contributed by atoms with Crippen molar-refractivity contribution in [2.75, 3.05) is 33.9 Å². The molecule has 0 bridgehead atoms. The lowest BCUT2D eigenvalue weighted by atomic mass is 10.3. The first-order valence-corrected chi connectivity index (χ1v) is 5.06. The number of carboxylic acid groups (broad SMARTS) is 1. The van der Waals surface area contributed by atoms with Crippen molar-refractivity contribution >= 4 is 11.9 Å². The molecule has 0 fully saturated rings. The number of hydrogen-bond donors (Lipinski definition) is 1. The van der Waals surface area contributed by atoms with Gasteiger partial charge in [-0.3, -0.25) is 14.5 Å². The first kappa shape index (κ1) is 14.9. The van der Waals surface area contributed by atoms with E-state index in [-0.39, 0.29) is 19.0 Å². The van der Waals surface area contributed by atoms with Crippen molar-refractivity contribution in [3.8, 4) is 0 Å². The van der Waals surface area contributed by atoms with Crippen LogP contribution in [0.1, 0.15) is 13.3 Å². The van der Waals surface area contributed by atoms with Gasteiger partial charge in [-0.2, -0.15) is 0 Å². The van der Waals surface area contributed by atoms with Crippen LogP contribution in [0.5, 0.6) is 0 Å². The lowest BCUT2D eigenvalue weighted by Gasteiger charge is -2.22. The van der Waals surface area contributed by atoms with Crippen LogP contribution in [0.2, 0.25) is 0 Å². The lowest BCUT2D eigenvalue weighted by molar-refractivity contribution is -0.151. The monoisotopic (exact) mass is 233 g/mol. The number of carbonyl (C=O) groups excluding carboxylic acids is 1. The first-order chi connectivity index (χ1) is 7.49. The quantitative estimate of drug-likeness (QED) is 0.468. The predicted molar refractivity (Wildman–Crippen MR) is 57.2 cm³/mol. The summed E-state index contributed by atoms with van der Waals surface area (Å²) in [5, 5.41) is 8.50. The van der Waals surface area contributed by atoms with Crippen molar-refractivity contribution in [3.05, 3.63) is 0 Å². The van der Waals surface area contributed by atoms with E-state index in [0.29, 0.717) is 13.2 Å². The molecule has 0 aliphatic heterocycles. The van der Waals surface area contributed by atoms with E-state index >= 15 is 0 Å². The van der Waals surface area contributed by atoms with Crippen LogP contribution in [-0.4, -0.2) is 61.9 Å². The Bertz CT molecular complexity index is 231. The third kappa shape index (κ3) is 6.36. The summed E-state index contributed by atoms with van der Waals surface area (Å²) >= 11 is 0. The van der Waals surface area contributed by atoms with Crippen molar-refractivity contribution in [1.82, 2.24) is 4.90 Å². The van der Waals surface area contributed by atoms with Crippen molar-refractivity contribution in [1.29, 1.82) is 0 Å². The minimum Gasteiger partial charge on any atom is -0.481 e. The molecule has 0 aromatic carbocycles. The van der Waals surface area contributed by atoms with Gasteiger partial charge in [0.1, 0.15) is 12.6 Å². The van der Waals surface area contributed by atoms with Gasteiger partial charge in [-0.1, -0.05) is 0 Å². The SMILES string of the molecule is COCCOC(=O)C(C)N(C)CCC(=O)O. The molecule has 0 saturated carbocycles. The number of carboxylic acids is 1. The highest BCUT2D eigenvalue weighted by atomic mass is 16.6.